The van der Waals surface area contributed by atoms with Crippen molar-refractivity contribution in [3.63, 3.8) is 0 Å². The van der Waals surface area contributed by atoms with Crippen LogP contribution in [-0.4, -0.2) is 66.9 Å². The topological polar surface area (TPSA) is 123 Å². The van der Waals surface area contributed by atoms with Crippen LogP contribution in [0.4, 0.5) is 23.1 Å². The van der Waals surface area contributed by atoms with E-state index < -0.39 is 15.1 Å². The Hall–Kier alpha value is -3.41. The molecule has 46 heavy (non-hydrogen) atoms. The Balaban J connectivity index is 1.43. The number of hydrogen-bond donors (Lipinski definition) is 2. The molecule has 2 aliphatic heterocycles. The van der Waals surface area contributed by atoms with Gasteiger partial charge in [0.2, 0.25) is 5.95 Å². The molecule has 0 radical (unpaired) electrons. The predicted molar refractivity (Wildman–Crippen MR) is 182 cm³/mol. The molecule has 0 unspecified atom stereocenters. The lowest BCUT2D eigenvalue weighted by atomic mass is 9.81. The summed E-state index contributed by atoms with van der Waals surface area (Å²) in [6, 6.07) is 8.88. The van der Waals surface area contributed by atoms with E-state index in [1.807, 2.05) is 6.92 Å². The Labute approximate surface area is 277 Å². The number of nitrogens with zero attached hydrogens (tertiary/aromatic N) is 3. The van der Waals surface area contributed by atoms with E-state index in [2.05, 4.69) is 45.4 Å². The number of likely N-dealkylation sites (tertiary alicyclic amines) is 1. The Kier molecular flexibility index (Phi) is 10.7. The number of aryl methyl sites for hydroxylation is 1. The maximum absolute atomic E-state index is 13.0. The van der Waals surface area contributed by atoms with Gasteiger partial charge in [0.15, 0.2) is 15.7 Å². The zero-order valence-electron chi connectivity index (χ0n) is 27.2. The summed E-state index contributed by atoms with van der Waals surface area (Å²) in [7, 11) is -3.55. The molecule has 0 amide bonds. The average molecular weight is 670 g/mol. The summed E-state index contributed by atoms with van der Waals surface area (Å²) in [6.45, 7) is 11.9. The second kappa shape index (κ2) is 14.6. The second-order valence-electron chi connectivity index (χ2n) is 12.1. The number of hydrogen-bond acceptors (Lipinski definition) is 10. The van der Waals surface area contributed by atoms with E-state index in [1.165, 1.54) is 22.9 Å². The molecule has 3 heterocycles. The van der Waals surface area contributed by atoms with Crippen LogP contribution in [0.1, 0.15) is 76.5 Å². The van der Waals surface area contributed by atoms with Crippen molar-refractivity contribution in [2.45, 2.75) is 88.9 Å². The van der Waals surface area contributed by atoms with Crippen LogP contribution in [0.3, 0.4) is 0 Å². The normalized spacial score (nSPS) is 17.1. The van der Waals surface area contributed by atoms with Gasteiger partial charge in [0.05, 0.1) is 40.9 Å². The van der Waals surface area contributed by atoms with Crippen molar-refractivity contribution in [3.05, 3.63) is 58.2 Å². The number of nitrogens with one attached hydrogen (secondary N) is 2. The summed E-state index contributed by atoms with van der Waals surface area (Å²) in [4.78, 5) is 23.5. The fourth-order valence-corrected chi connectivity index (χ4v) is 7.64. The summed E-state index contributed by atoms with van der Waals surface area (Å²) in [5.41, 5.74) is 5.05. The Morgan fingerprint density at radius 2 is 1.87 bits per heavy atom. The van der Waals surface area contributed by atoms with Gasteiger partial charge in [0.25, 0.3) is 0 Å². The summed E-state index contributed by atoms with van der Waals surface area (Å²) >= 11 is 6.50. The number of carbonyl (C=O) groups excluding carboxylic acids is 1. The van der Waals surface area contributed by atoms with Gasteiger partial charge in [0, 0.05) is 12.0 Å². The largest absolute Gasteiger partial charge is 0.488 e. The molecular formula is C34H44ClN5O5S. The van der Waals surface area contributed by atoms with Crippen LogP contribution in [0.5, 0.6) is 5.75 Å². The zero-order valence-corrected chi connectivity index (χ0v) is 28.8. The molecule has 248 valence electrons. The van der Waals surface area contributed by atoms with E-state index in [1.54, 1.807) is 38.1 Å². The smallest absolute Gasteiger partial charge is 0.320 e. The molecule has 5 rings (SSSR count). The number of para-hydroxylation sites is 1. The highest BCUT2D eigenvalue weighted by Gasteiger charge is 2.34. The molecule has 0 spiro atoms. The third-order valence-electron chi connectivity index (χ3n) is 8.77. The van der Waals surface area contributed by atoms with Gasteiger partial charge < -0.3 is 20.1 Å². The number of anilines is 4. The molecule has 10 nitrogen and oxygen atoms in total. The lowest BCUT2D eigenvalue weighted by Gasteiger charge is -2.33. The van der Waals surface area contributed by atoms with Gasteiger partial charge in [0.1, 0.15) is 16.9 Å². The molecule has 12 heteroatoms. The third kappa shape index (κ3) is 7.26. The van der Waals surface area contributed by atoms with Crippen molar-refractivity contribution in [2.24, 2.45) is 0 Å². The van der Waals surface area contributed by atoms with Crippen LogP contribution in [0.15, 0.2) is 41.4 Å². The van der Waals surface area contributed by atoms with E-state index in [-0.39, 0.29) is 27.8 Å². The molecule has 0 bridgehead atoms. The molecule has 0 aliphatic carbocycles. The summed E-state index contributed by atoms with van der Waals surface area (Å²) in [5, 5.41) is 6.18. The van der Waals surface area contributed by atoms with Gasteiger partial charge in [-0.05, 0) is 94.8 Å². The van der Waals surface area contributed by atoms with Gasteiger partial charge in [-0.1, -0.05) is 37.6 Å². The summed E-state index contributed by atoms with van der Waals surface area (Å²) < 4.78 is 37.7. The summed E-state index contributed by atoms with van der Waals surface area (Å²) in [5.74, 6) is 1.63. The van der Waals surface area contributed by atoms with Crippen LogP contribution >= 0.6 is 11.6 Å². The molecule has 2 N–H and O–H groups in total. The van der Waals surface area contributed by atoms with Crippen molar-refractivity contribution >= 4 is 50.5 Å². The Bertz CT molecular complexity index is 1670. The van der Waals surface area contributed by atoms with E-state index in [9.17, 15) is 13.2 Å². The standard InChI is InChI=1S/C34H44ClN5O5S/c1-6-22-17-28(32-25(18-24(7-2)45-32)31(22)23-13-15-40(16-14-23)20-30(41)44-8-3)38-34-36-19-26(35)33(39-34)37-27-11-9-10-12-29(27)46(42,43)21(4)5/h9-12,17,19,21,23-24H,6-8,13-16,18,20H2,1-5H3,(H2,36,37,38,39)/t24-/m0/s1. The molecule has 1 aromatic heterocycles. The monoisotopic (exact) mass is 669 g/mol. The van der Waals surface area contributed by atoms with Gasteiger partial charge in [-0.3, -0.25) is 9.69 Å². The number of esters is 1. The first-order chi connectivity index (χ1) is 22.0. The lowest BCUT2D eigenvalue weighted by Crippen LogP contribution is -2.37. The molecule has 2 aromatic carbocycles. The quantitative estimate of drug-likeness (QED) is 0.199. The van der Waals surface area contributed by atoms with Crippen molar-refractivity contribution in [1.82, 2.24) is 14.9 Å². The molecule has 1 atom stereocenters. The number of rotatable bonds is 12. The number of carbonyl (C=O) groups is 1. The highest BCUT2D eigenvalue weighted by Crippen LogP contribution is 2.46. The number of sulfone groups is 1. The van der Waals surface area contributed by atoms with Crippen molar-refractivity contribution in [2.75, 3.05) is 36.9 Å². The highest BCUT2D eigenvalue weighted by molar-refractivity contribution is 7.92. The van der Waals surface area contributed by atoms with E-state index in [4.69, 9.17) is 21.1 Å². The zero-order chi connectivity index (χ0) is 33.0. The lowest BCUT2D eigenvalue weighted by molar-refractivity contribution is -0.144. The van der Waals surface area contributed by atoms with Gasteiger partial charge in [-0.2, -0.15) is 4.98 Å². The van der Waals surface area contributed by atoms with Crippen LogP contribution in [-0.2, 0) is 32.2 Å². The Morgan fingerprint density at radius 3 is 2.54 bits per heavy atom. The fraction of sp³-hybridized carbons (Fsp3) is 0.500. The average Bonchev–Trinajstić information content (AvgIpc) is 3.48. The van der Waals surface area contributed by atoms with E-state index in [0.717, 1.165) is 56.6 Å². The first-order valence-electron chi connectivity index (χ1n) is 16.2. The number of benzene rings is 2. The van der Waals surface area contributed by atoms with Gasteiger partial charge in [-0.15, -0.1) is 0 Å². The Morgan fingerprint density at radius 1 is 1.13 bits per heavy atom. The SMILES string of the molecule is CCOC(=O)CN1CCC(c2c(CC)cc(Nc3ncc(Cl)c(Nc4ccccc4S(=O)(=O)C(C)C)n3)c3c2C[C@H](CC)O3)CC1. The predicted octanol–water partition coefficient (Wildman–Crippen LogP) is 6.82. The number of halogens is 1. The van der Waals surface area contributed by atoms with Crippen molar-refractivity contribution in [1.29, 1.82) is 0 Å². The van der Waals surface area contributed by atoms with Crippen LogP contribution in [0, 0.1) is 0 Å². The number of ether oxygens (including phenoxy) is 2. The minimum absolute atomic E-state index is 0.0769. The number of aromatic nitrogens is 2. The van der Waals surface area contributed by atoms with Crippen LogP contribution in [0.2, 0.25) is 5.02 Å². The number of piperidine rings is 1. The van der Waals surface area contributed by atoms with Crippen molar-refractivity contribution in [3.8, 4) is 5.75 Å². The maximum Gasteiger partial charge on any atom is 0.320 e. The minimum atomic E-state index is -3.55. The van der Waals surface area contributed by atoms with Crippen LogP contribution in [0.25, 0.3) is 0 Å². The molecule has 2 aliphatic rings. The molecule has 1 saturated heterocycles. The second-order valence-corrected chi connectivity index (χ2v) is 15.0. The van der Waals surface area contributed by atoms with E-state index in [0.29, 0.717) is 30.7 Å². The van der Waals surface area contributed by atoms with Gasteiger partial charge in [-0.25, -0.2) is 13.4 Å². The minimum Gasteiger partial charge on any atom is -0.488 e. The summed E-state index contributed by atoms with van der Waals surface area (Å²) in [6.07, 6.45) is 6.07. The van der Waals surface area contributed by atoms with E-state index >= 15 is 0 Å². The first-order valence-corrected chi connectivity index (χ1v) is 18.1. The highest BCUT2D eigenvalue weighted by atomic mass is 35.5. The maximum atomic E-state index is 13.0. The molecule has 0 saturated carbocycles. The van der Waals surface area contributed by atoms with Crippen molar-refractivity contribution < 1.29 is 22.7 Å². The fourth-order valence-electron chi connectivity index (χ4n) is 6.30. The van der Waals surface area contributed by atoms with Gasteiger partial charge >= 0.3 is 5.97 Å². The number of fused-ring (bicyclic) bond motifs is 1. The molecular weight excluding hydrogens is 626 g/mol. The molecule has 3 aromatic rings. The third-order valence-corrected chi connectivity index (χ3v) is 11.3. The first kappa shape index (κ1) is 33.9. The van der Waals surface area contributed by atoms with Crippen LogP contribution < -0.4 is 15.4 Å². The molecule has 1 fully saturated rings.